The van der Waals surface area contributed by atoms with Crippen LogP contribution in [0, 0.1) is 0 Å². The summed E-state index contributed by atoms with van der Waals surface area (Å²) in [5.41, 5.74) is 11.2. The van der Waals surface area contributed by atoms with Crippen LogP contribution in [0.1, 0.15) is 34.1 Å². The standard InChI is InChI=1S/C15H22ClN3O3/c1-5-11(13(18)20)19(14(21)22-15(2,3)4)12-8-9(16)6-7-10(12)17/h6-8,11H,5,17H2,1-4H3,(H2,18,20)/t11-/m0/s1. The van der Waals surface area contributed by atoms with Crippen LogP contribution in [0.15, 0.2) is 18.2 Å². The first kappa shape index (κ1) is 18.1. The minimum atomic E-state index is -0.879. The van der Waals surface area contributed by atoms with Gasteiger partial charge >= 0.3 is 6.09 Å². The molecule has 122 valence electrons. The van der Waals surface area contributed by atoms with Crippen molar-refractivity contribution in [2.24, 2.45) is 5.73 Å². The highest BCUT2D eigenvalue weighted by Gasteiger charge is 2.33. The molecule has 0 aromatic heterocycles. The summed E-state index contributed by atoms with van der Waals surface area (Å²) in [6.07, 6.45) is -0.382. The number of primary amides is 1. The molecular formula is C15H22ClN3O3. The summed E-state index contributed by atoms with van der Waals surface area (Å²) >= 11 is 5.98. The molecule has 6 nitrogen and oxygen atoms in total. The number of benzene rings is 1. The molecule has 0 aliphatic rings. The van der Waals surface area contributed by atoms with Gasteiger partial charge in [-0.3, -0.25) is 9.69 Å². The average molecular weight is 328 g/mol. The van der Waals surface area contributed by atoms with Crippen LogP contribution in [0.5, 0.6) is 0 Å². The summed E-state index contributed by atoms with van der Waals surface area (Å²) in [5.74, 6) is -0.646. The number of amides is 2. The largest absolute Gasteiger partial charge is 0.443 e. The van der Waals surface area contributed by atoms with Crippen molar-refractivity contribution in [1.82, 2.24) is 0 Å². The van der Waals surface area contributed by atoms with E-state index < -0.39 is 23.6 Å². The summed E-state index contributed by atoms with van der Waals surface area (Å²) < 4.78 is 5.36. The van der Waals surface area contributed by atoms with Crippen molar-refractivity contribution in [3.05, 3.63) is 23.2 Å². The first-order chi connectivity index (χ1) is 10.1. The molecule has 2 amide bonds. The van der Waals surface area contributed by atoms with E-state index in [1.807, 2.05) is 0 Å². The lowest BCUT2D eigenvalue weighted by atomic mass is 10.1. The molecule has 0 fully saturated rings. The van der Waals surface area contributed by atoms with Crippen molar-refractivity contribution in [2.45, 2.75) is 45.8 Å². The molecule has 0 aliphatic heterocycles. The zero-order chi connectivity index (χ0) is 17.1. The van der Waals surface area contributed by atoms with Crippen molar-refractivity contribution >= 4 is 35.0 Å². The number of anilines is 2. The molecule has 1 atom stereocenters. The molecule has 0 saturated heterocycles. The van der Waals surface area contributed by atoms with Gasteiger partial charge in [0.25, 0.3) is 0 Å². The molecule has 0 spiro atoms. The molecule has 0 bridgehead atoms. The van der Waals surface area contributed by atoms with Gasteiger partial charge in [-0.1, -0.05) is 18.5 Å². The zero-order valence-corrected chi connectivity index (χ0v) is 14.0. The van der Waals surface area contributed by atoms with E-state index >= 15 is 0 Å². The quantitative estimate of drug-likeness (QED) is 0.830. The molecule has 0 saturated carbocycles. The molecule has 22 heavy (non-hydrogen) atoms. The van der Waals surface area contributed by atoms with Crippen LogP contribution >= 0.6 is 11.6 Å². The Balaban J connectivity index is 3.36. The number of nitrogens with two attached hydrogens (primary N) is 2. The van der Waals surface area contributed by atoms with Gasteiger partial charge in [-0.2, -0.15) is 0 Å². The Labute approximate surface area is 135 Å². The lowest BCUT2D eigenvalue weighted by Crippen LogP contribution is -2.50. The van der Waals surface area contributed by atoms with Gasteiger partial charge in [-0.15, -0.1) is 0 Å². The summed E-state index contributed by atoms with van der Waals surface area (Å²) in [7, 11) is 0. The predicted molar refractivity (Wildman–Crippen MR) is 87.9 cm³/mol. The molecule has 1 aromatic carbocycles. The highest BCUT2D eigenvalue weighted by Crippen LogP contribution is 2.30. The molecule has 7 heteroatoms. The number of rotatable bonds is 4. The normalized spacial score (nSPS) is 12.6. The Hall–Kier alpha value is -1.95. The number of hydrogen-bond donors (Lipinski definition) is 2. The fourth-order valence-electron chi connectivity index (χ4n) is 1.94. The van der Waals surface area contributed by atoms with Crippen LogP contribution in [-0.4, -0.2) is 23.6 Å². The highest BCUT2D eigenvalue weighted by molar-refractivity contribution is 6.31. The lowest BCUT2D eigenvalue weighted by Gasteiger charge is -2.32. The number of carbonyl (C=O) groups excluding carboxylic acids is 2. The second-order valence-electron chi connectivity index (χ2n) is 5.88. The van der Waals surface area contributed by atoms with Crippen molar-refractivity contribution in [1.29, 1.82) is 0 Å². The van der Waals surface area contributed by atoms with E-state index in [4.69, 9.17) is 27.8 Å². The number of nitrogen functional groups attached to an aromatic ring is 1. The summed E-state index contributed by atoms with van der Waals surface area (Å²) in [6, 6.07) is 3.78. The van der Waals surface area contributed by atoms with E-state index in [2.05, 4.69) is 0 Å². The van der Waals surface area contributed by atoms with Crippen LogP contribution < -0.4 is 16.4 Å². The fraction of sp³-hybridized carbons (Fsp3) is 0.467. The number of carbonyl (C=O) groups is 2. The molecule has 0 heterocycles. The molecule has 0 radical (unpaired) electrons. The van der Waals surface area contributed by atoms with Crippen LogP contribution in [0.3, 0.4) is 0 Å². The van der Waals surface area contributed by atoms with Gasteiger partial charge in [0.2, 0.25) is 5.91 Å². The average Bonchev–Trinajstić information content (AvgIpc) is 2.36. The van der Waals surface area contributed by atoms with Crippen LogP contribution in [0.4, 0.5) is 16.2 Å². The van der Waals surface area contributed by atoms with Gasteiger partial charge in [0.1, 0.15) is 11.6 Å². The van der Waals surface area contributed by atoms with Crippen molar-refractivity contribution in [3.63, 3.8) is 0 Å². The van der Waals surface area contributed by atoms with Gasteiger partial charge in [-0.25, -0.2) is 4.79 Å². The molecule has 1 rings (SSSR count). The fourth-order valence-corrected chi connectivity index (χ4v) is 2.11. The summed E-state index contributed by atoms with van der Waals surface area (Å²) in [4.78, 5) is 25.4. The van der Waals surface area contributed by atoms with E-state index in [0.29, 0.717) is 22.8 Å². The van der Waals surface area contributed by atoms with E-state index in [1.54, 1.807) is 39.8 Å². The smallest absolute Gasteiger partial charge is 0.415 e. The molecule has 0 unspecified atom stereocenters. The number of nitrogens with zero attached hydrogens (tertiary/aromatic N) is 1. The Morgan fingerprint density at radius 1 is 1.36 bits per heavy atom. The van der Waals surface area contributed by atoms with Crippen LogP contribution in [0.25, 0.3) is 0 Å². The number of halogens is 1. The second kappa shape index (κ2) is 6.87. The Bertz CT molecular complexity index is 570. The van der Waals surface area contributed by atoms with Crippen molar-refractivity contribution in [2.75, 3.05) is 10.6 Å². The molecule has 1 aromatic rings. The van der Waals surface area contributed by atoms with Gasteiger partial charge in [0.05, 0.1) is 11.4 Å². The third-order valence-corrected chi connectivity index (χ3v) is 3.10. The lowest BCUT2D eigenvalue weighted by molar-refractivity contribution is -0.119. The Kier molecular flexibility index (Phi) is 5.65. The van der Waals surface area contributed by atoms with E-state index in [9.17, 15) is 9.59 Å². The predicted octanol–water partition coefficient (Wildman–Crippen LogP) is 2.93. The summed E-state index contributed by atoms with van der Waals surface area (Å²) in [6.45, 7) is 6.94. The van der Waals surface area contributed by atoms with E-state index in [1.165, 1.54) is 6.07 Å². The molecule has 0 aliphatic carbocycles. The SMILES string of the molecule is CC[C@@H](C(N)=O)N(C(=O)OC(C)(C)C)c1cc(Cl)ccc1N. The number of hydrogen-bond acceptors (Lipinski definition) is 4. The van der Waals surface area contributed by atoms with Crippen LogP contribution in [-0.2, 0) is 9.53 Å². The first-order valence-corrected chi connectivity index (χ1v) is 7.31. The maximum absolute atomic E-state index is 12.5. The van der Waals surface area contributed by atoms with Crippen molar-refractivity contribution < 1.29 is 14.3 Å². The van der Waals surface area contributed by atoms with Gasteiger partial charge in [0.15, 0.2) is 0 Å². The summed E-state index contributed by atoms with van der Waals surface area (Å²) in [5, 5.41) is 0.386. The van der Waals surface area contributed by atoms with Gasteiger partial charge in [-0.05, 0) is 45.4 Å². The maximum atomic E-state index is 12.5. The third-order valence-electron chi connectivity index (χ3n) is 2.87. The van der Waals surface area contributed by atoms with Gasteiger partial charge in [0, 0.05) is 5.02 Å². The topological polar surface area (TPSA) is 98.7 Å². The van der Waals surface area contributed by atoms with Gasteiger partial charge < -0.3 is 16.2 Å². The first-order valence-electron chi connectivity index (χ1n) is 6.93. The molecule has 4 N–H and O–H groups in total. The molecular weight excluding hydrogens is 306 g/mol. The monoisotopic (exact) mass is 327 g/mol. The van der Waals surface area contributed by atoms with E-state index in [0.717, 1.165) is 4.90 Å². The highest BCUT2D eigenvalue weighted by atomic mass is 35.5. The van der Waals surface area contributed by atoms with Crippen LogP contribution in [0.2, 0.25) is 5.02 Å². The Morgan fingerprint density at radius 2 is 1.95 bits per heavy atom. The maximum Gasteiger partial charge on any atom is 0.415 e. The minimum Gasteiger partial charge on any atom is -0.443 e. The third kappa shape index (κ3) is 4.53. The number of ether oxygens (including phenoxy) is 1. The second-order valence-corrected chi connectivity index (χ2v) is 6.32. The van der Waals surface area contributed by atoms with E-state index in [-0.39, 0.29) is 0 Å². The zero-order valence-electron chi connectivity index (χ0n) is 13.2. The van der Waals surface area contributed by atoms with Crippen molar-refractivity contribution in [3.8, 4) is 0 Å². The minimum absolute atomic E-state index is 0.299. The Morgan fingerprint density at radius 3 is 2.41 bits per heavy atom.